The standard InChI is InChI=1S/C14H16N2O2/c1-11-2-4-12(5-3-11)14(13(17)10-15)16-6-8-18-9-7-16/h2-5,14H,6-9H2,1H3. The molecule has 1 saturated heterocycles. The number of hydrogen-bond acceptors (Lipinski definition) is 4. The van der Waals surface area contributed by atoms with Crippen LogP contribution < -0.4 is 0 Å². The van der Waals surface area contributed by atoms with Gasteiger partial charge in [0, 0.05) is 13.1 Å². The minimum atomic E-state index is -0.459. The molecule has 1 aliphatic rings. The highest BCUT2D eigenvalue weighted by molar-refractivity contribution is 5.98. The second kappa shape index (κ2) is 5.76. The van der Waals surface area contributed by atoms with Gasteiger partial charge in [0.1, 0.15) is 12.1 Å². The molecule has 0 N–H and O–H groups in total. The maximum atomic E-state index is 11.9. The molecule has 1 unspecified atom stereocenters. The molecule has 1 heterocycles. The highest BCUT2D eigenvalue weighted by Crippen LogP contribution is 2.23. The van der Waals surface area contributed by atoms with Crippen LogP contribution in [0, 0.1) is 18.3 Å². The lowest BCUT2D eigenvalue weighted by atomic mass is 10.00. The molecule has 1 aromatic rings. The van der Waals surface area contributed by atoms with E-state index < -0.39 is 11.8 Å². The Morgan fingerprint density at radius 1 is 1.33 bits per heavy atom. The van der Waals surface area contributed by atoms with E-state index in [0.717, 1.165) is 11.1 Å². The van der Waals surface area contributed by atoms with Crippen LogP contribution in [-0.4, -0.2) is 37.0 Å². The Morgan fingerprint density at radius 3 is 2.50 bits per heavy atom. The maximum Gasteiger partial charge on any atom is 0.253 e. The van der Waals surface area contributed by atoms with Gasteiger partial charge in [0.15, 0.2) is 0 Å². The van der Waals surface area contributed by atoms with Crippen LogP contribution in [0.5, 0.6) is 0 Å². The normalized spacial score (nSPS) is 18.0. The van der Waals surface area contributed by atoms with Crippen LogP contribution in [0.15, 0.2) is 24.3 Å². The number of morpholine rings is 1. The molecule has 2 rings (SSSR count). The summed E-state index contributed by atoms with van der Waals surface area (Å²) in [4.78, 5) is 13.9. The summed E-state index contributed by atoms with van der Waals surface area (Å²) in [7, 11) is 0. The lowest BCUT2D eigenvalue weighted by Gasteiger charge is -2.32. The lowest BCUT2D eigenvalue weighted by molar-refractivity contribution is -0.120. The van der Waals surface area contributed by atoms with Crippen molar-refractivity contribution < 1.29 is 9.53 Å². The van der Waals surface area contributed by atoms with Gasteiger partial charge in [-0.3, -0.25) is 9.69 Å². The second-order valence-electron chi connectivity index (χ2n) is 4.44. The molecule has 1 aromatic carbocycles. The number of ketones is 1. The van der Waals surface area contributed by atoms with Gasteiger partial charge < -0.3 is 4.74 Å². The number of carbonyl (C=O) groups excluding carboxylic acids is 1. The molecule has 0 spiro atoms. The van der Waals surface area contributed by atoms with Gasteiger partial charge in [-0.25, -0.2) is 0 Å². The fraction of sp³-hybridized carbons (Fsp3) is 0.429. The van der Waals surface area contributed by atoms with Crippen LogP contribution in [0.25, 0.3) is 0 Å². The van der Waals surface area contributed by atoms with Crippen molar-refractivity contribution in [3.05, 3.63) is 35.4 Å². The van der Waals surface area contributed by atoms with Crippen LogP contribution in [0.4, 0.5) is 0 Å². The number of nitriles is 1. The Morgan fingerprint density at radius 2 is 1.94 bits per heavy atom. The van der Waals surface area contributed by atoms with Gasteiger partial charge in [-0.05, 0) is 12.5 Å². The number of ether oxygens (including phenoxy) is 1. The molecule has 0 saturated carbocycles. The van der Waals surface area contributed by atoms with E-state index >= 15 is 0 Å². The van der Waals surface area contributed by atoms with Gasteiger partial charge >= 0.3 is 0 Å². The molecule has 0 amide bonds. The summed E-state index contributed by atoms with van der Waals surface area (Å²) in [5.41, 5.74) is 2.03. The first-order valence-corrected chi connectivity index (χ1v) is 6.04. The zero-order valence-corrected chi connectivity index (χ0v) is 10.4. The van der Waals surface area contributed by atoms with Crippen LogP contribution in [0.2, 0.25) is 0 Å². The van der Waals surface area contributed by atoms with Crippen molar-refractivity contribution in [2.75, 3.05) is 26.3 Å². The van der Waals surface area contributed by atoms with Crippen molar-refractivity contribution in [3.8, 4) is 6.07 Å². The third-order valence-corrected chi connectivity index (χ3v) is 3.16. The maximum absolute atomic E-state index is 11.9. The summed E-state index contributed by atoms with van der Waals surface area (Å²) in [5.74, 6) is -0.402. The third kappa shape index (κ3) is 2.76. The molecule has 0 aliphatic carbocycles. The van der Waals surface area contributed by atoms with Crippen molar-refractivity contribution in [3.63, 3.8) is 0 Å². The Labute approximate surface area is 107 Å². The fourth-order valence-corrected chi connectivity index (χ4v) is 2.17. The number of Topliss-reactive ketones (excluding diaryl/α,β-unsaturated/α-hetero) is 1. The van der Waals surface area contributed by atoms with E-state index in [9.17, 15) is 4.79 Å². The number of rotatable bonds is 3. The Bertz CT molecular complexity index is 456. The van der Waals surface area contributed by atoms with Crippen LogP contribution in [0.1, 0.15) is 17.2 Å². The predicted octanol–water partition coefficient (Wildman–Crippen LogP) is 1.46. The molecule has 4 nitrogen and oxygen atoms in total. The molecule has 4 heteroatoms. The van der Waals surface area contributed by atoms with Gasteiger partial charge in [-0.2, -0.15) is 5.26 Å². The lowest BCUT2D eigenvalue weighted by Crippen LogP contribution is -2.41. The van der Waals surface area contributed by atoms with Crippen molar-refractivity contribution in [1.82, 2.24) is 4.90 Å². The third-order valence-electron chi connectivity index (χ3n) is 3.16. The van der Waals surface area contributed by atoms with Gasteiger partial charge in [0.25, 0.3) is 5.78 Å². The summed E-state index contributed by atoms with van der Waals surface area (Å²) in [5, 5.41) is 8.89. The zero-order chi connectivity index (χ0) is 13.0. The largest absolute Gasteiger partial charge is 0.379 e. The van der Waals surface area contributed by atoms with E-state index in [-0.39, 0.29) is 0 Å². The number of hydrogen-bond donors (Lipinski definition) is 0. The van der Waals surface area contributed by atoms with Gasteiger partial charge in [-0.15, -0.1) is 0 Å². The van der Waals surface area contributed by atoms with E-state index in [4.69, 9.17) is 10.00 Å². The summed E-state index contributed by atoms with van der Waals surface area (Å²) in [6.45, 7) is 4.60. The summed E-state index contributed by atoms with van der Waals surface area (Å²) < 4.78 is 5.28. The van der Waals surface area contributed by atoms with Crippen LogP contribution in [0.3, 0.4) is 0 Å². The fourth-order valence-electron chi connectivity index (χ4n) is 2.17. The summed E-state index contributed by atoms with van der Waals surface area (Å²) >= 11 is 0. The van der Waals surface area contributed by atoms with Gasteiger partial charge in [0.2, 0.25) is 0 Å². The minimum absolute atomic E-state index is 0.402. The second-order valence-corrected chi connectivity index (χ2v) is 4.44. The highest BCUT2D eigenvalue weighted by Gasteiger charge is 2.28. The quantitative estimate of drug-likeness (QED) is 0.755. The molecular weight excluding hydrogens is 228 g/mol. The topological polar surface area (TPSA) is 53.3 Å². The SMILES string of the molecule is Cc1ccc(C(C(=O)C#N)N2CCOCC2)cc1. The highest BCUT2D eigenvalue weighted by atomic mass is 16.5. The average Bonchev–Trinajstić information content (AvgIpc) is 2.42. The number of benzene rings is 1. The number of carbonyl (C=O) groups is 1. The predicted molar refractivity (Wildman–Crippen MR) is 66.9 cm³/mol. The minimum Gasteiger partial charge on any atom is -0.379 e. The summed E-state index contributed by atoms with van der Waals surface area (Å²) in [6, 6.07) is 9.07. The van der Waals surface area contributed by atoms with Crippen molar-refractivity contribution in [2.45, 2.75) is 13.0 Å². The van der Waals surface area contributed by atoms with Crippen molar-refractivity contribution >= 4 is 5.78 Å². The molecule has 0 bridgehead atoms. The first kappa shape index (κ1) is 12.7. The number of aryl methyl sites for hydroxylation is 1. The average molecular weight is 244 g/mol. The van der Waals surface area contributed by atoms with E-state index in [1.54, 1.807) is 6.07 Å². The molecule has 1 atom stereocenters. The molecule has 94 valence electrons. The van der Waals surface area contributed by atoms with Crippen LogP contribution >= 0.6 is 0 Å². The van der Waals surface area contributed by atoms with Gasteiger partial charge in [0.05, 0.1) is 13.2 Å². The first-order valence-electron chi connectivity index (χ1n) is 6.04. The Kier molecular flexibility index (Phi) is 4.08. The molecular formula is C14H16N2O2. The van der Waals surface area contributed by atoms with E-state index in [1.807, 2.05) is 36.1 Å². The summed E-state index contributed by atoms with van der Waals surface area (Å²) in [6.07, 6.45) is 0. The van der Waals surface area contributed by atoms with E-state index in [1.165, 1.54) is 0 Å². The zero-order valence-electron chi connectivity index (χ0n) is 10.4. The smallest absolute Gasteiger partial charge is 0.253 e. The van der Waals surface area contributed by atoms with E-state index in [0.29, 0.717) is 26.3 Å². The molecule has 1 aliphatic heterocycles. The monoisotopic (exact) mass is 244 g/mol. The molecule has 0 aromatic heterocycles. The molecule has 1 fully saturated rings. The van der Waals surface area contributed by atoms with Crippen molar-refractivity contribution in [1.29, 1.82) is 5.26 Å². The molecule has 18 heavy (non-hydrogen) atoms. The Balaban J connectivity index is 2.27. The van der Waals surface area contributed by atoms with Crippen molar-refractivity contribution in [2.24, 2.45) is 0 Å². The van der Waals surface area contributed by atoms with Crippen LogP contribution in [-0.2, 0) is 9.53 Å². The number of nitrogens with zero attached hydrogens (tertiary/aromatic N) is 2. The van der Waals surface area contributed by atoms with Gasteiger partial charge in [-0.1, -0.05) is 29.8 Å². The molecule has 0 radical (unpaired) electrons. The van der Waals surface area contributed by atoms with E-state index in [2.05, 4.69) is 0 Å². The Hall–Kier alpha value is -1.70. The first-order chi connectivity index (χ1) is 8.72.